The first-order chi connectivity index (χ1) is 9.22. The standard InChI is InChI=1S/C16H25NO2/c1-3-4-5-6-7-8-13-19-16(18)17-15-11-9-14(2)10-12-15/h9-12H,3-8,13H2,1-2H3,(H,17,18). The van der Waals surface area contributed by atoms with Gasteiger partial charge < -0.3 is 4.74 Å². The Balaban J connectivity index is 2.06. The second-order valence-electron chi connectivity index (χ2n) is 4.89. The van der Waals surface area contributed by atoms with E-state index in [1.54, 1.807) is 0 Å². The fraction of sp³-hybridized carbons (Fsp3) is 0.562. The first-order valence-corrected chi connectivity index (χ1v) is 7.23. The predicted octanol–water partition coefficient (Wildman–Crippen LogP) is 4.90. The molecule has 1 amide bonds. The molecule has 0 spiro atoms. The number of rotatable bonds is 8. The van der Waals surface area contributed by atoms with Crippen LogP contribution in [0.1, 0.15) is 51.0 Å². The molecule has 0 fully saturated rings. The van der Waals surface area contributed by atoms with Crippen LogP contribution in [0.4, 0.5) is 10.5 Å². The molecule has 0 aliphatic rings. The molecule has 3 heteroatoms. The van der Waals surface area contributed by atoms with Gasteiger partial charge in [0, 0.05) is 5.69 Å². The van der Waals surface area contributed by atoms with Crippen LogP contribution in [-0.4, -0.2) is 12.7 Å². The Morgan fingerprint density at radius 1 is 1.05 bits per heavy atom. The van der Waals surface area contributed by atoms with Crippen molar-refractivity contribution in [2.45, 2.75) is 52.4 Å². The van der Waals surface area contributed by atoms with Crippen LogP contribution in [0.2, 0.25) is 0 Å². The summed E-state index contributed by atoms with van der Waals surface area (Å²) in [6, 6.07) is 7.68. The first-order valence-electron chi connectivity index (χ1n) is 7.23. The number of ether oxygens (including phenoxy) is 1. The summed E-state index contributed by atoms with van der Waals surface area (Å²) in [6.07, 6.45) is 6.80. The molecule has 1 N–H and O–H groups in total. The Bertz CT molecular complexity index is 360. The summed E-state index contributed by atoms with van der Waals surface area (Å²) in [5, 5.41) is 2.72. The van der Waals surface area contributed by atoms with Gasteiger partial charge in [-0.15, -0.1) is 0 Å². The summed E-state index contributed by atoms with van der Waals surface area (Å²) in [4.78, 5) is 11.5. The average Bonchev–Trinajstić information content (AvgIpc) is 2.40. The Labute approximate surface area is 116 Å². The maximum absolute atomic E-state index is 11.5. The van der Waals surface area contributed by atoms with Crippen LogP contribution in [0.25, 0.3) is 0 Å². The van der Waals surface area contributed by atoms with E-state index >= 15 is 0 Å². The molecule has 106 valence electrons. The van der Waals surface area contributed by atoms with Crippen molar-refractivity contribution in [3.05, 3.63) is 29.8 Å². The van der Waals surface area contributed by atoms with Crippen LogP contribution in [0.5, 0.6) is 0 Å². The van der Waals surface area contributed by atoms with E-state index in [0.29, 0.717) is 6.61 Å². The first kappa shape index (κ1) is 15.5. The predicted molar refractivity (Wildman–Crippen MR) is 79.5 cm³/mol. The lowest BCUT2D eigenvalue weighted by Crippen LogP contribution is -2.14. The number of anilines is 1. The van der Waals surface area contributed by atoms with E-state index in [9.17, 15) is 4.79 Å². The molecule has 0 saturated heterocycles. The van der Waals surface area contributed by atoms with Gasteiger partial charge in [0.15, 0.2) is 0 Å². The van der Waals surface area contributed by atoms with E-state index in [0.717, 1.165) is 18.5 Å². The van der Waals surface area contributed by atoms with Crippen molar-refractivity contribution in [3.63, 3.8) is 0 Å². The van der Waals surface area contributed by atoms with Gasteiger partial charge in [-0.1, -0.05) is 56.7 Å². The Morgan fingerprint density at radius 3 is 2.37 bits per heavy atom. The molecule has 0 atom stereocenters. The monoisotopic (exact) mass is 263 g/mol. The zero-order chi connectivity index (χ0) is 13.9. The zero-order valence-electron chi connectivity index (χ0n) is 12.1. The number of hydrogen-bond acceptors (Lipinski definition) is 2. The molecule has 1 rings (SSSR count). The molecule has 3 nitrogen and oxygen atoms in total. The van der Waals surface area contributed by atoms with Gasteiger partial charge in [0.05, 0.1) is 6.61 Å². The quantitative estimate of drug-likeness (QED) is 0.677. The van der Waals surface area contributed by atoms with Crippen LogP contribution in [0, 0.1) is 6.92 Å². The van der Waals surface area contributed by atoms with Gasteiger partial charge in [0.2, 0.25) is 0 Å². The molecule has 0 aliphatic heterocycles. The molecule has 1 aromatic carbocycles. The summed E-state index contributed by atoms with van der Waals surface area (Å²) in [7, 11) is 0. The Kier molecular flexibility index (Phi) is 7.71. The normalized spacial score (nSPS) is 10.2. The molecule has 0 unspecified atom stereocenters. The van der Waals surface area contributed by atoms with E-state index in [1.807, 2.05) is 31.2 Å². The molecule has 0 saturated carbocycles. The summed E-state index contributed by atoms with van der Waals surface area (Å²) >= 11 is 0. The molecule has 0 aliphatic carbocycles. The minimum atomic E-state index is -0.364. The highest BCUT2D eigenvalue weighted by Crippen LogP contribution is 2.09. The SMILES string of the molecule is CCCCCCCCOC(=O)Nc1ccc(C)cc1. The summed E-state index contributed by atoms with van der Waals surface area (Å²) < 4.78 is 5.13. The molecular formula is C16H25NO2. The molecular weight excluding hydrogens is 238 g/mol. The number of unbranched alkanes of at least 4 members (excludes halogenated alkanes) is 5. The van der Waals surface area contributed by atoms with E-state index < -0.39 is 0 Å². The lowest BCUT2D eigenvalue weighted by Gasteiger charge is -2.07. The number of nitrogens with one attached hydrogen (secondary N) is 1. The third kappa shape index (κ3) is 7.50. The van der Waals surface area contributed by atoms with Gasteiger partial charge >= 0.3 is 6.09 Å². The maximum Gasteiger partial charge on any atom is 0.411 e. The highest BCUT2D eigenvalue weighted by Gasteiger charge is 2.02. The number of carbonyl (C=O) groups excluding carboxylic acids is 1. The van der Waals surface area contributed by atoms with Gasteiger partial charge in [-0.2, -0.15) is 0 Å². The number of benzene rings is 1. The Morgan fingerprint density at radius 2 is 1.68 bits per heavy atom. The summed E-state index contributed by atoms with van der Waals surface area (Å²) in [5.41, 5.74) is 1.95. The van der Waals surface area contributed by atoms with Gasteiger partial charge in [0.1, 0.15) is 0 Å². The maximum atomic E-state index is 11.5. The van der Waals surface area contributed by atoms with Crippen LogP contribution in [0.3, 0.4) is 0 Å². The fourth-order valence-corrected chi connectivity index (χ4v) is 1.84. The minimum absolute atomic E-state index is 0.364. The second-order valence-corrected chi connectivity index (χ2v) is 4.89. The molecule has 0 bridgehead atoms. The molecule has 19 heavy (non-hydrogen) atoms. The van der Waals surface area contributed by atoms with E-state index in [4.69, 9.17) is 4.74 Å². The van der Waals surface area contributed by atoms with Crippen molar-refractivity contribution in [3.8, 4) is 0 Å². The van der Waals surface area contributed by atoms with Gasteiger partial charge in [-0.3, -0.25) is 5.32 Å². The second kappa shape index (κ2) is 9.42. The van der Waals surface area contributed by atoms with E-state index in [-0.39, 0.29) is 6.09 Å². The molecule has 0 aromatic heterocycles. The van der Waals surface area contributed by atoms with Crippen molar-refractivity contribution in [1.29, 1.82) is 0 Å². The smallest absolute Gasteiger partial charge is 0.411 e. The number of amides is 1. The third-order valence-electron chi connectivity index (χ3n) is 3.03. The van der Waals surface area contributed by atoms with Crippen LogP contribution >= 0.6 is 0 Å². The zero-order valence-corrected chi connectivity index (χ0v) is 12.1. The van der Waals surface area contributed by atoms with Crippen molar-refractivity contribution < 1.29 is 9.53 Å². The lowest BCUT2D eigenvalue weighted by molar-refractivity contribution is 0.159. The van der Waals surface area contributed by atoms with Gasteiger partial charge in [-0.05, 0) is 25.5 Å². The van der Waals surface area contributed by atoms with Crippen molar-refractivity contribution in [2.24, 2.45) is 0 Å². The average molecular weight is 263 g/mol. The van der Waals surface area contributed by atoms with Crippen LogP contribution in [-0.2, 0) is 4.74 Å². The largest absolute Gasteiger partial charge is 0.449 e. The molecule has 0 heterocycles. The minimum Gasteiger partial charge on any atom is -0.449 e. The summed E-state index contributed by atoms with van der Waals surface area (Å²) in [5.74, 6) is 0. The van der Waals surface area contributed by atoms with Gasteiger partial charge in [-0.25, -0.2) is 4.79 Å². The molecule has 1 aromatic rings. The number of carbonyl (C=O) groups is 1. The molecule has 0 radical (unpaired) electrons. The van der Waals surface area contributed by atoms with Crippen molar-refractivity contribution in [1.82, 2.24) is 0 Å². The van der Waals surface area contributed by atoms with E-state index in [2.05, 4.69) is 12.2 Å². The van der Waals surface area contributed by atoms with Gasteiger partial charge in [0.25, 0.3) is 0 Å². The van der Waals surface area contributed by atoms with Crippen molar-refractivity contribution in [2.75, 3.05) is 11.9 Å². The topological polar surface area (TPSA) is 38.3 Å². The van der Waals surface area contributed by atoms with Crippen molar-refractivity contribution >= 4 is 11.8 Å². The highest BCUT2D eigenvalue weighted by molar-refractivity contribution is 5.84. The number of aryl methyl sites for hydroxylation is 1. The van der Waals surface area contributed by atoms with Crippen LogP contribution < -0.4 is 5.32 Å². The summed E-state index contributed by atoms with van der Waals surface area (Å²) in [6.45, 7) is 4.73. The lowest BCUT2D eigenvalue weighted by atomic mass is 10.1. The highest BCUT2D eigenvalue weighted by atomic mass is 16.5. The third-order valence-corrected chi connectivity index (χ3v) is 3.03. The number of hydrogen-bond donors (Lipinski definition) is 1. The fourth-order valence-electron chi connectivity index (χ4n) is 1.84. The van der Waals surface area contributed by atoms with Crippen LogP contribution in [0.15, 0.2) is 24.3 Å². The van der Waals surface area contributed by atoms with E-state index in [1.165, 1.54) is 31.2 Å². The Hall–Kier alpha value is -1.51.